The fraction of sp³-hybridized carbons (Fsp3) is 0.167. The van der Waals surface area contributed by atoms with Gasteiger partial charge in [0.1, 0.15) is 17.2 Å². The number of thiazole rings is 1. The van der Waals surface area contributed by atoms with Gasteiger partial charge in [-0.1, -0.05) is 30.3 Å². The van der Waals surface area contributed by atoms with Crippen LogP contribution in [-0.2, 0) is 0 Å². The second-order valence-corrected chi connectivity index (χ2v) is 6.42. The lowest BCUT2D eigenvalue weighted by atomic mass is 10.1. The molecule has 3 heterocycles. The van der Waals surface area contributed by atoms with Crippen molar-refractivity contribution in [3.8, 4) is 22.6 Å². The largest absolute Gasteiger partial charge is 0.356 e. The normalized spacial score (nSPS) is 13.9. The van der Waals surface area contributed by atoms with Crippen molar-refractivity contribution < 1.29 is 4.39 Å². The van der Waals surface area contributed by atoms with E-state index in [2.05, 4.69) is 25.6 Å². The molecule has 0 aliphatic carbocycles. The summed E-state index contributed by atoms with van der Waals surface area (Å²) < 4.78 is 14.2. The minimum absolute atomic E-state index is 0.332. The van der Waals surface area contributed by atoms with Crippen LogP contribution in [0.4, 0.5) is 9.52 Å². The Morgan fingerprint density at radius 1 is 1.04 bits per heavy atom. The van der Waals surface area contributed by atoms with Crippen molar-refractivity contribution in [2.75, 3.05) is 18.4 Å². The average Bonchev–Trinajstić information content (AvgIpc) is 3.12. The van der Waals surface area contributed by atoms with Crippen LogP contribution in [0.2, 0.25) is 0 Å². The third kappa shape index (κ3) is 3.51. The highest BCUT2D eigenvalue weighted by molar-refractivity contribution is 7.14. The quantitative estimate of drug-likeness (QED) is 0.752. The van der Waals surface area contributed by atoms with Crippen molar-refractivity contribution in [1.29, 1.82) is 0 Å². The number of rotatable bonds is 3. The zero-order valence-electron chi connectivity index (χ0n) is 13.4. The zero-order chi connectivity index (χ0) is 17.1. The molecule has 0 radical (unpaired) electrons. The van der Waals surface area contributed by atoms with Gasteiger partial charge in [-0.05, 0) is 18.6 Å². The van der Waals surface area contributed by atoms with E-state index in [0.29, 0.717) is 17.1 Å². The van der Waals surface area contributed by atoms with Crippen LogP contribution in [0, 0.1) is 5.82 Å². The van der Waals surface area contributed by atoms with E-state index in [4.69, 9.17) is 0 Å². The fourth-order valence-corrected chi connectivity index (χ4v) is 3.25. The van der Waals surface area contributed by atoms with Crippen molar-refractivity contribution >= 4 is 22.4 Å². The van der Waals surface area contributed by atoms with Crippen molar-refractivity contribution in [2.45, 2.75) is 6.42 Å². The molecule has 1 aromatic carbocycles. The van der Waals surface area contributed by atoms with E-state index in [-0.39, 0.29) is 5.82 Å². The SMILES string of the molecule is Fc1ccc(-c2csc(NC3=NCCCN3)n2)nc1-c1ccccc1. The Bertz CT molecular complexity index is 907. The summed E-state index contributed by atoms with van der Waals surface area (Å²) in [7, 11) is 0. The van der Waals surface area contributed by atoms with Gasteiger partial charge >= 0.3 is 0 Å². The Morgan fingerprint density at radius 3 is 2.72 bits per heavy atom. The second-order valence-electron chi connectivity index (χ2n) is 5.57. The predicted molar refractivity (Wildman–Crippen MR) is 99.3 cm³/mol. The molecular weight excluding hydrogens is 337 g/mol. The lowest BCUT2D eigenvalue weighted by Gasteiger charge is -2.14. The Morgan fingerprint density at radius 2 is 1.92 bits per heavy atom. The van der Waals surface area contributed by atoms with Gasteiger partial charge in [0.15, 0.2) is 11.1 Å². The van der Waals surface area contributed by atoms with Gasteiger partial charge in [0.2, 0.25) is 0 Å². The molecule has 0 unspecified atom stereocenters. The average molecular weight is 353 g/mol. The molecule has 7 heteroatoms. The number of aromatic nitrogens is 2. The molecule has 0 atom stereocenters. The van der Waals surface area contributed by atoms with Crippen LogP contribution in [0.25, 0.3) is 22.6 Å². The molecule has 0 spiro atoms. The minimum atomic E-state index is -0.343. The lowest BCUT2D eigenvalue weighted by molar-refractivity contribution is 0.626. The maximum absolute atomic E-state index is 14.2. The molecule has 2 aromatic heterocycles. The number of anilines is 1. The Hall–Kier alpha value is -2.80. The van der Waals surface area contributed by atoms with E-state index in [1.54, 1.807) is 6.07 Å². The van der Waals surface area contributed by atoms with E-state index in [1.807, 2.05) is 35.7 Å². The smallest absolute Gasteiger partial charge is 0.197 e. The Balaban J connectivity index is 1.61. The monoisotopic (exact) mass is 353 g/mol. The van der Waals surface area contributed by atoms with Crippen LogP contribution in [0.15, 0.2) is 52.8 Å². The highest BCUT2D eigenvalue weighted by atomic mass is 32.1. The molecule has 5 nitrogen and oxygen atoms in total. The van der Waals surface area contributed by atoms with Gasteiger partial charge in [-0.15, -0.1) is 11.3 Å². The highest BCUT2D eigenvalue weighted by Crippen LogP contribution is 2.27. The number of hydrogen-bond donors (Lipinski definition) is 2. The molecule has 126 valence electrons. The summed E-state index contributed by atoms with van der Waals surface area (Å²) in [5.41, 5.74) is 2.43. The minimum Gasteiger partial charge on any atom is -0.356 e. The molecule has 0 amide bonds. The maximum Gasteiger partial charge on any atom is 0.197 e. The van der Waals surface area contributed by atoms with Crippen molar-refractivity contribution in [1.82, 2.24) is 15.3 Å². The van der Waals surface area contributed by atoms with Crippen LogP contribution in [0.5, 0.6) is 0 Å². The van der Waals surface area contributed by atoms with Crippen LogP contribution in [-0.4, -0.2) is 29.0 Å². The topological polar surface area (TPSA) is 62.2 Å². The van der Waals surface area contributed by atoms with Gasteiger partial charge in [-0.2, -0.15) is 0 Å². The van der Waals surface area contributed by atoms with Gasteiger partial charge in [0.05, 0.1) is 5.69 Å². The maximum atomic E-state index is 14.2. The summed E-state index contributed by atoms with van der Waals surface area (Å²) >= 11 is 1.47. The van der Waals surface area contributed by atoms with Crippen molar-refractivity contribution in [2.24, 2.45) is 4.99 Å². The fourth-order valence-electron chi connectivity index (χ4n) is 2.55. The molecule has 0 bridgehead atoms. The summed E-state index contributed by atoms with van der Waals surface area (Å²) in [6.07, 6.45) is 1.04. The van der Waals surface area contributed by atoms with E-state index in [1.165, 1.54) is 17.4 Å². The predicted octanol–water partition coefficient (Wildman–Crippen LogP) is 3.77. The lowest BCUT2D eigenvalue weighted by Crippen LogP contribution is -2.35. The molecule has 3 aromatic rings. The first-order valence-electron chi connectivity index (χ1n) is 8.03. The summed E-state index contributed by atoms with van der Waals surface area (Å²) in [6, 6.07) is 12.4. The van der Waals surface area contributed by atoms with Crippen LogP contribution >= 0.6 is 11.3 Å². The van der Waals surface area contributed by atoms with E-state index >= 15 is 0 Å². The van der Waals surface area contributed by atoms with Crippen molar-refractivity contribution in [3.63, 3.8) is 0 Å². The second kappa shape index (κ2) is 6.98. The van der Waals surface area contributed by atoms with Crippen molar-refractivity contribution in [3.05, 3.63) is 53.7 Å². The van der Waals surface area contributed by atoms with E-state index < -0.39 is 0 Å². The van der Waals surface area contributed by atoms with Crippen LogP contribution in [0.3, 0.4) is 0 Å². The summed E-state index contributed by atoms with van der Waals surface area (Å²) in [4.78, 5) is 13.4. The number of nitrogens with zero attached hydrogens (tertiary/aromatic N) is 3. The zero-order valence-corrected chi connectivity index (χ0v) is 14.2. The Kier molecular flexibility index (Phi) is 4.39. The number of guanidine groups is 1. The highest BCUT2D eigenvalue weighted by Gasteiger charge is 2.13. The molecule has 25 heavy (non-hydrogen) atoms. The number of hydrogen-bond acceptors (Lipinski definition) is 6. The molecule has 0 saturated heterocycles. The molecule has 1 aliphatic rings. The number of benzene rings is 1. The van der Waals surface area contributed by atoms with Gasteiger partial charge in [0.25, 0.3) is 0 Å². The molecule has 0 saturated carbocycles. The number of nitrogens with one attached hydrogen (secondary N) is 2. The van der Waals surface area contributed by atoms with Crippen LogP contribution in [0.1, 0.15) is 6.42 Å². The summed E-state index contributed by atoms with van der Waals surface area (Å²) in [5.74, 6) is 0.397. The standard InChI is InChI=1S/C18H16FN5S/c19-13-7-8-14(22-16(13)12-5-2-1-3-6-12)15-11-25-18(23-15)24-17-20-9-4-10-21-17/h1-3,5-8,11H,4,9-10H2,(H2,20,21,23,24). The number of aliphatic imine (C=N–C) groups is 1. The summed E-state index contributed by atoms with van der Waals surface area (Å²) in [5, 5.41) is 9.00. The van der Waals surface area contributed by atoms with Gasteiger partial charge in [-0.25, -0.2) is 14.4 Å². The summed E-state index contributed by atoms with van der Waals surface area (Å²) in [6.45, 7) is 1.72. The third-order valence-corrected chi connectivity index (χ3v) is 4.54. The van der Waals surface area contributed by atoms with Crippen LogP contribution < -0.4 is 10.6 Å². The first-order valence-corrected chi connectivity index (χ1v) is 8.91. The molecule has 1 aliphatic heterocycles. The molecule has 0 fully saturated rings. The molecular formula is C18H16FN5S. The van der Waals surface area contributed by atoms with Gasteiger partial charge < -0.3 is 10.6 Å². The molecule has 4 rings (SSSR count). The van der Waals surface area contributed by atoms with E-state index in [9.17, 15) is 4.39 Å². The van der Waals surface area contributed by atoms with E-state index in [0.717, 1.165) is 36.2 Å². The Labute approximate surface area is 148 Å². The third-order valence-electron chi connectivity index (χ3n) is 3.78. The number of pyridine rings is 1. The first-order chi connectivity index (χ1) is 12.3. The molecule has 2 N–H and O–H groups in total. The first kappa shape index (κ1) is 15.7. The van der Waals surface area contributed by atoms with Gasteiger partial charge in [-0.3, -0.25) is 4.99 Å². The van der Waals surface area contributed by atoms with Gasteiger partial charge in [0, 0.05) is 24.0 Å². The number of halogens is 1.